The molecule has 0 aliphatic heterocycles. The van der Waals surface area contributed by atoms with E-state index in [0.717, 1.165) is 19.5 Å². The van der Waals surface area contributed by atoms with Crippen LogP contribution in [0, 0.1) is 0 Å². The minimum Gasteiger partial charge on any atom is -0.357 e. The smallest absolute Gasteiger partial charge is 0.242 e. The molecule has 0 aromatic heterocycles. The summed E-state index contributed by atoms with van der Waals surface area (Å²) in [6, 6.07) is 17.2. The van der Waals surface area contributed by atoms with Gasteiger partial charge in [0.1, 0.15) is 0 Å². The minimum absolute atomic E-state index is 0.282. The number of nitrogens with one attached hydrogen (secondary N) is 2. The molecule has 146 valence electrons. The summed E-state index contributed by atoms with van der Waals surface area (Å²) in [5.74, 6) is 0.672. The van der Waals surface area contributed by atoms with Crippen molar-refractivity contribution in [1.82, 2.24) is 14.9 Å². The Morgan fingerprint density at radius 1 is 1.00 bits per heavy atom. The van der Waals surface area contributed by atoms with E-state index in [4.69, 9.17) is 0 Å². The molecule has 0 fully saturated rings. The van der Waals surface area contributed by atoms with E-state index in [2.05, 4.69) is 27.8 Å². The molecule has 27 heavy (non-hydrogen) atoms. The van der Waals surface area contributed by atoms with Crippen molar-refractivity contribution in [2.75, 3.05) is 27.2 Å². The lowest BCUT2D eigenvalue weighted by molar-refractivity contribution is 0.519. The Labute approximate surface area is 162 Å². The maximum absolute atomic E-state index is 12.5. The maximum Gasteiger partial charge on any atom is 0.242 e. The molecule has 0 amide bonds. The van der Waals surface area contributed by atoms with Crippen molar-refractivity contribution in [3.05, 3.63) is 65.7 Å². The first-order chi connectivity index (χ1) is 12.9. The lowest BCUT2D eigenvalue weighted by atomic mass is 10.1. The van der Waals surface area contributed by atoms with Crippen LogP contribution in [0.3, 0.4) is 0 Å². The Morgan fingerprint density at radius 2 is 1.67 bits per heavy atom. The summed E-state index contributed by atoms with van der Waals surface area (Å²) in [7, 11) is -0.433. The summed E-state index contributed by atoms with van der Waals surface area (Å²) in [4.78, 5) is 4.85. The number of benzene rings is 2. The summed E-state index contributed by atoms with van der Waals surface area (Å²) in [5, 5.41) is 6.50. The van der Waals surface area contributed by atoms with Crippen LogP contribution in [0.25, 0.3) is 0 Å². The third-order valence-electron chi connectivity index (χ3n) is 4.03. The summed E-state index contributed by atoms with van der Waals surface area (Å²) >= 11 is 0. The van der Waals surface area contributed by atoms with Gasteiger partial charge in [-0.05, 0) is 30.5 Å². The van der Waals surface area contributed by atoms with E-state index in [1.54, 1.807) is 18.2 Å². The number of rotatable bonds is 8. The van der Waals surface area contributed by atoms with Gasteiger partial charge in [0.15, 0.2) is 5.96 Å². The summed E-state index contributed by atoms with van der Waals surface area (Å²) in [6.45, 7) is 3.76. The zero-order valence-corrected chi connectivity index (χ0v) is 17.0. The van der Waals surface area contributed by atoms with Gasteiger partial charge in [0.2, 0.25) is 10.0 Å². The maximum atomic E-state index is 12.5. The Morgan fingerprint density at radius 3 is 2.33 bits per heavy atom. The molecule has 0 spiro atoms. The molecule has 0 heterocycles. The van der Waals surface area contributed by atoms with Crippen molar-refractivity contribution < 1.29 is 8.42 Å². The molecule has 0 aliphatic rings. The van der Waals surface area contributed by atoms with Crippen molar-refractivity contribution in [1.29, 1.82) is 0 Å². The van der Waals surface area contributed by atoms with Gasteiger partial charge in [-0.25, -0.2) is 17.7 Å². The standard InChI is InChI=1S/C20H28N4O2S/c1-4-21-20(22-15-14-17-10-6-5-7-11-17)23-16-18-12-8-9-13-19(18)27(25,26)24(2)3/h5-13H,4,14-16H2,1-3H3,(H2,21,22,23). The summed E-state index contributed by atoms with van der Waals surface area (Å²) in [6.07, 6.45) is 0.886. The molecule has 0 saturated carbocycles. The van der Waals surface area contributed by atoms with E-state index in [9.17, 15) is 8.42 Å². The molecule has 0 radical (unpaired) electrons. The molecule has 0 bridgehead atoms. The number of hydrogen-bond donors (Lipinski definition) is 2. The zero-order valence-electron chi connectivity index (χ0n) is 16.1. The minimum atomic E-state index is -3.50. The first-order valence-corrected chi connectivity index (χ1v) is 10.5. The highest BCUT2D eigenvalue weighted by Crippen LogP contribution is 2.19. The van der Waals surface area contributed by atoms with Crippen LogP contribution in [-0.4, -0.2) is 45.9 Å². The number of guanidine groups is 1. The van der Waals surface area contributed by atoms with Crippen LogP contribution in [0.1, 0.15) is 18.1 Å². The quantitative estimate of drug-likeness (QED) is 0.537. The third kappa shape index (κ3) is 6.08. The second-order valence-electron chi connectivity index (χ2n) is 6.25. The monoisotopic (exact) mass is 388 g/mol. The van der Waals surface area contributed by atoms with Gasteiger partial charge in [-0.2, -0.15) is 0 Å². The SMILES string of the molecule is CCNC(=NCc1ccccc1S(=O)(=O)N(C)C)NCCc1ccccc1. The Bertz CT molecular complexity index is 849. The van der Waals surface area contributed by atoms with Crippen LogP contribution >= 0.6 is 0 Å². The molecule has 0 atom stereocenters. The fourth-order valence-electron chi connectivity index (χ4n) is 2.56. The first kappa shape index (κ1) is 20.9. The highest BCUT2D eigenvalue weighted by molar-refractivity contribution is 7.89. The average Bonchev–Trinajstić information content (AvgIpc) is 2.67. The van der Waals surface area contributed by atoms with Crippen molar-refractivity contribution in [2.45, 2.75) is 24.8 Å². The largest absolute Gasteiger partial charge is 0.357 e. The Kier molecular flexibility index (Phi) is 7.82. The first-order valence-electron chi connectivity index (χ1n) is 9.01. The summed E-state index contributed by atoms with van der Waals surface area (Å²) < 4.78 is 26.2. The van der Waals surface area contributed by atoms with Crippen molar-refractivity contribution in [2.24, 2.45) is 4.99 Å². The van der Waals surface area contributed by atoms with Crippen molar-refractivity contribution in [3.63, 3.8) is 0 Å². The van der Waals surface area contributed by atoms with E-state index < -0.39 is 10.0 Å². The predicted octanol–water partition coefficient (Wildman–Crippen LogP) is 2.23. The Balaban J connectivity index is 2.08. The lowest BCUT2D eigenvalue weighted by Gasteiger charge is -2.15. The van der Waals surface area contributed by atoms with Crippen molar-refractivity contribution in [3.8, 4) is 0 Å². The number of hydrogen-bond acceptors (Lipinski definition) is 3. The normalized spacial score (nSPS) is 12.2. The highest BCUT2D eigenvalue weighted by Gasteiger charge is 2.20. The molecular weight excluding hydrogens is 360 g/mol. The fraction of sp³-hybridized carbons (Fsp3) is 0.350. The van der Waals surface area contributed by atoms with E-state index in [-0.39, 0.29) is 6.54 Å². The molecule has 2 N–H and O–H groups in total. The Hall–Kier alpha value is -2.38. The van der Waals surface area contributed by atoms with Gasteiger partial charge in [0.25, 0.3) is 0 Å². The van der Waals surface area contributed by atoms with E-state index in [0.29, 0.717) is 16.4 Å². The van der Waals surface area contributed by atoms with Gasteiger partial charge in [0.05, 0.1) is 11.4 Å². The number of sulfonamides is 1. The molecule has 2 rings (SSSR count). The third-order valence-corrected chi connectivity index (χ3v) is 5.95. The zero-order chi connectivity index (χ0) is 19.7. The second kappa shape index (κ2) is 10.1. The van der Waals surface area contributed by atoms with Crippen LogP contribution in [0.15, 0.2) is 64.5 Å². The van der Waals surface area contributed by atoms with Gasteiger partial charge in [-0.15, -0.1) is 0 Å². The van der Waals surface area contributed by atoms with Crippen LogP contribution in [-0.2, 0) is 23.0 Å². The number of aliphatic imine (C=N–C) groups is 1. The molecule has 2 aromatic rings. The van der Waals surface area contributed by atoms with Gasteiger partial charge in [0, 0.05) is 27.2 Å². The molecule has 0 unspecified atom stereocenters. The second-order valence-corrected chi connectivity index (χ2v) is 8.37. The fourth-order valence-corrected chi connectivity index (χ4v) is 3.67. The highest BCUT2D eigenvalue weighted by atomic mass is 32.2. The van der Waals surface area contributed by atoms with Gasteiger partial charge < -0.3 is 10.6 Å². The molecule has 0 aliphatic carbocycles. The van der Waals surface area contributed by atoms with Crippen LogP contribution in [0.5, 0.6) is 0 Å². The predicted molar refractivity (Wildman–Crippen MR) is 110 cm³/mol. The molecule has 0 saturated heterocycles. The van der Waals surface area contributed by atoms with Gasteiger partial charge in [-0.1, -0.05) is 48.5 Å². The van der Waals surface area contributed by atoms with E-state index >= 15 is 0 Å². The van der Waals surface area contributed by atoms with E-state index in [1.165, 1.54) is 24.0 Å². The van der Waals surface area contributed by atoms with Gasteiger partial charge in [-0.3, -0.25) is 0 Å². The summed E-state index contributed by atoms with van der Waals surface area (Å²) in [5.41, 5.74) is 1.93. The topological polar surface area (TPSA) is 73.8 Å². The molecule has 2 aromatic carbocycles. The van der Waals surface area contributed by atoms with Gasteiger partial charge >= 0.3 is 0 Å². The van der Waals surface area contributed by atoms with Crippen LogP contribution < -0.4 is 10.6 Å². The average molecular weight is 389 g/mol. The van der Waals surface area contributed by atoms with Crippen LogP contribution in [0.4, 0.5) is 0 Å². The molecule has 7 heteroatoms. The van der Waals surface area contributed by atoms with E-state index in [1.807, 2.05) is 31.2 Å². The molecular formula is C20H28N4O2S. The number of nitrogens with zero attached hydrogens (tertiary/aromatic N) is 2. The lowest BCUT2D eigenvalue weighted by Crippen LogP contribution is -2.38. The van der Waals surface area contributed by atoms with Crippen molar-refractivity contribution >= 4 is 16.0 Å². The molecule has 6 nitrogen and oxygen atoms in total. The van der Waals surface area contributed by atoms with Crippen LogP contribution in [0.2, 0.25) is 0 Å².